The van der Waals surface area contributed by atoms with Gasteiger partial charge in [-0.25, -0.2) is 4.68 Å². The first-order chi connectivity index (χ1) is 7.25. The first-order valence-corrected chi connectivity index (χ1v) is 5.35. The molecule has 0 saturated heterocycles. The highest BCUT2D eigenvalue weighted by Gasteiger charge is 2.09. The Morgan fingerprint density at radius 3 is 2.93 bits per heavy atom. The van der Waals surface area contributed by atoms with Crippen LogP contribution in [-0.4, -0.2) is 33.4 Å². The smallest absolute Gasteiger partial charge is 0.167 e. The molecule has 0 saturated carbocycles. The first kappa shape index (κ1) is 12.1. The van der Waals surface area contributed by atoms with Gasteiger partial charge in [-0.05, 0) is 30.2 Å². The molecule has 1 aromatic rings. The van der Waals surface area contributed by atoms with E-state index in [4.69, 9.17) is 10.5 Å². The largest absolute Gasteiger partial charge is 0.381 e. The highest BCUT2D eigenvalue weighted by Crippen LogP contribution is 2.03. The minimum Gasteiger partial charge on any atom is -0.381 e. The lowest BCUT2D eigenvalue weighted by atomic mass is 10.3. The zero-order valence-corrected chi connectivity index (χ0v) is 9.39. The monoisotopic (exact) mass is 213 g/mol. The van der Waals surface area contributed by atoms with Gasteiger partial charge in [0.25, 0.3) is 0 Å². The van der Waals surface area contributed by atoms with Crippen LogP contribution in [0.4, 0.5) is 0 Å². The molecule has 15 heavy (non-hydrogen) atoms. The Hall–Kier alpha value is -1.01. The van der Waals surface area contributed by atoms with Crippen LogP contribution in [0.2, 0.25) is 0 Å². The molecule has 86 valence electrons. The van der Waals surface area contributed by atoms with E-state index in [2.05, 4.69) is 22.4 Å². The molecule has 1 heterocycles. The van der Waals surface area contributed by atoms with E-state index in [9.17, 15) is 0 Å². The second-order valence-corrected chi connectivity index (χ2v) is 3.51. The summed E-state index contributed by atoms with van der Waals surface area (Å²) in [4.78, 5) is 0. The molecule has 1 atom stereocenters. The Morgan fingerprint density at radius 2 is 2.27 bits per heavy atom. The molecule has 0 aromatic carbocycles. The minimum absolute atomic E-state index is 0.128. The average Bonchev–Trinajstić information content (AvgIpc) is 2.66. The summed E-state index contributed by atoms with van der Waals surface area (Å²) < 4.78 is 7.10. The molecule has 0 amide bonds. The lowest BCUT2D eigenvalue weighted by molar-refractivity contribution is 0.128. The number of aryl methyl sites for hydroxylation is 1. The fourth-order valence-corrected chi connectivity index (χ4v) is 1.26. The fourth-order valence-electron chi connectivity index (χ4n) is 1.26. The fraction of sp³-hybridized carbons (Fsp3) is 0.889. The third-order valence-corrected chi connectivity index (χ3v) is 1.97. The normalized spacial score (nSPS) is 13.0. The van der Waals surface area contributed by atoms with Crippen molar-refractivity contribution in [3.8, 4) is 0 Å². The van der Waals surface area contributed by atoms with Gasteiger partial charge in [0.05, 0.1) is 6.04 Å². The van der Waals surface area contributed by atoms with Crippen molar-refractivity contribution >= 4 is 0 Å². The van der Waals surface area contributed by atoms with E-state index in [1.165, 1.54) is 0 Å². The van der Waals surface area contributed by atoms with Crippen molar-refractivity contribution in [3.05, 3.63) is 5.82 Å². The number of hydrogen-bond acceptors (Lipinski definition) is 5. The molecule has 1 unspecified atom stereocenters. The summed E-state index contributed by atoms with van der Waals surface area (Å²) in [5.74, 6) is 0.727. The number of nitrogens with zero attached hydrogens (tertiary/aromatic N) is 4. The maximum Gasteiger partial charge on any atom is 0.167 e. The summed E-state index contributed by atoms with van der Waals surface area (Å²) in [5, 5.41) is 11.3. The van der Waals surface area contributed by atoms with Gasteiger partial charge >= 0.3 is 0 Å². The molecule has 1 rings (SSSR count). The Kier molecular flexibility index (Phi) is 5.20. The molecule has 0 bridgehead atoms. The van der Waals surface area contributed by atoms with E-state index < -0.39 is 0 Å². The van der Waals surface area contributed by atoms with E-state index >= 15 is 0 Å². The Balaban J connectivity index is 2.28. The molecular weight excluding hydrogens is 194 g/mol. The first-order valence-electron chi connectivity index (χ1n) is 5.35. The van der Waals surface area contributed by atoms with Gasteiger partial charge in [0.15, 0.2) is 5.82 Å². The second-order valence-electron chi connectivity index (χ2n) is 3.51. The van der Waals surface area contributed by atoms with E-state index in [0.29, 0.717) is 0 Å². The minimum atomic E-state index is -0.128. The Labute approximate surface area is 89.8 Å². The molecule has 0 aliphatic rings. The quantitative estimate of drug-likeness (QED) is 0.668. The van der Waals surface area contributed by atoms with Gasteiger partial charge in [-0.1, -0.05) is 6.92 Å². The topological polar surface area (TPSA) is 78.8 Å². The zero-order chi connectivity index (χ0) is 11.1. The van der Waals surface area contributed by atoms with Crippen LogP contribution in [0.3, 0.4) is 0 Å². The number of tetrazole rings is 1. The summed E-state index contributed by atoms with van der Waals surface area (Å²) in [6, 6.07) is -0.128. The van der Waals surface area contributed by atoms with Crippen molar-refractivity contribution in [1.29, 1.82) is 0 Å². The van der Waals surface area contributed by atoms with Crippen molar-refractivity contribution < 1.29 is 4.74 Å². The summed E-state index contributed by atoms with van der Waals surface area (Å²) in [6.45, 7) is 6.28. The number of aromatic nitrogens is 4. The number of ether oxygens (including phenoxy) is 1. The average molecular weight is 213 g/mol. The molecule has 0 aliphatic carbocycles. The van der Waals surface area contributed by atoms with Crippen LogP contribution in [-0.2, 0) is 11.3 Å². The van der Waals surface area contributed by atoms with E-state index in [1.54, 1.807) is 4.68 Å². The number of hydrogen-bond donors (Lipinski definition) is 1. The zero-order valence-electron chi connectivity index (χ0n) is 9.39. The highest BCUT2D eigenvalue weighted by atomic mass is 16.5. The molecule has 0 spiro atoms. The van der Waals surface area contributed by atoms with Gasteiger partial charge in [0.2, 0.25) is 0 Å². The van der Waals surface area contributed by atoms with Crippen LogP contribution < -0.4 is 5.73 Å². The summed E-state index contributed by atoms with van der Waals surface area (Å²) in [5.41, 5.74) is 5.72. The van der Waals surface area contributed by atoms with Gasteiger partial charge in [-0.3, -0.25) is 0 Å². The van der Waals surface area contributed by atoms with Gasteiger partial charge in [0, 0.05) is 19.8 Å². The number of rotatable bonds is 7. The summed E-state index contributed by atoms with van der Waals surface area (Å²) in [6.07, 6.45) is 1.96. The van der Waals surface area contributed by atoms with Crippen molar-refractivity contribution in [2.45, 2.75) is 39.3 Å². The molecule has 0 fully saturated rings. The van der Waals surface area contributed by atoms with Crippen LogP contribution in [0.15, 0.2) is 0 Å². The van der Waals surface area contributed by atoms with Crippen LogP contribution in [0.5, 0.6) is 0 Å². The SMILES string of the molecule is CCCOCCCn1nnnc1C(C)N. The Bertz CT molecular complexity index is 273. The van der Waals surface area contributed by atoms with Crippen LogP contribution in [0.25, 0.3) is 0 Å². The van der Waals surface area contributed by atoms with E-state index in [0.717, 1.165) is 38.4 Å². The molecule has 2 N–H and O–H groups in total. The third kappa shape index (κ3) is 3.93. The van der Waals surface area contributed by atoms with Gasteiger partial charge in [0.1, 0.15) is 0 Å². The maximum absolute atomic E-state index is 5.72. The van der Waals surface area contributed by atoms with Crippen molar-refractivity contribution in [3.63, 3.8) is 0 Å². The van der Waals surface area contributed by atoms with Crippen molar-refractivity contribution in [1.82, 2.24) is 20.2 Å². The van der Waals surface area contributed by atoms with Crippen LogP contribution in [0, 0.1) is 0 Å². The lowest BCUT2D eigenvalue weighted by Gasteiger charge is -2.06. The standard InChI is InChI=1S/C9H19N5O/c1-3-6-15-7-4-5-14-9(8(2)10)11-12-13-14/h8H,3-7,10H2,1-2H3. The predicted molar refractivity (Wildman–Crippen MR) is 56.1 cm³/mol. The molecule has 0 radical (unpaired) electrons. The third-order valence-electron chi connectivity index (χ3n) is 1.97. The highest BCUT2D eigenvalue weighted by molar-refractivity contribution is 4.86. The van der Waals surface area contributed by atoms with E-state index in [1.807, 2.05) is 6.92 Å². The van der Waals surface area contributed by atoms with Gasteiger partial charge in [-0.2, -0.15) is 0 Å². The van der Waals surface area contributed by atoms with Crippen LogP contribution >= 0.6 is 0 Å². The summed E-state index contributed by atoms with van der Waals surface area (Å²) >= 11 is 0. The number of nitrogens with two attached hydrogens (primary N) is 1. The molecular formula is C9H19N5O. The molecule has 0 aliphatic heterocycles. The lowest BCUT2D eigenvalue weighted by Crippen LogP contribution is -2.15. The van der Waals surface area contributed by atoms with Crippen molar-refractivity contribution in [2.24, 2.45) is 5.73 Å². The van der Waals surface area contributed by atoms with Gasteiger partial charge in [-0.15, -0.1) is 5.10 Å². The summed E-state index contributed by atoms with van der Waals surface area (Å²) in [7, 11) is 0. The molecule has 6 nitrogen and oxygen atoms in total. The van der Waals surface area contributed by atoms with Gasteiger partial charge < -0.3 is 10.5 Å². The second kappa shape index (κ2) is 6.47. The molecule has 6 heteroatoms. The maximum atomic E-state index is 5.72. The predicted octanol–water partition coefficient (Wildman–Crippen LogP) is 0.509. The van der Waals surface area contributed by atoms with E-state index in [-0.39, 0.29) is 6.04 Å². The van der Waals surface area contributed by atoms with Crippen molar-refractivity contribution in [2.75, 3.05) is 13.2 Å². The Morgan fingerprint density at radius 1 is 1.47 bits per heavy atom. The molecule has 1 aromatic heterocycles. The van der Waals surface area contributed by atoms with Crippen LogP contribution in [0.1, 0.15) is 38.6 Å².